The fourth-order valence-electron chi connectivity index (χ4n) is 0.970. The third kappa shape index (κ3) is 3.87. The van der Waals surface area contributed by atoms with E-state index < -0.39 is 24.6 Å². The number of nitrogens with one attached hydrogen (secondary N) is 2. The van der Waals surface area contributed by atoms with Gasteiger partial charge in [0, 0.05) is 6.54 Å². The Bertz CT molecular complexity index is 352. The van der Waals surface area contributed by atoms with Crippen LogP contribution in [-0.2, 0) is 11.3 Å². The number of thiophene rings is 1. The van der Waals surface area contributed by atoms with Crippen LogP contribution in [0.1, 0.15) is 5.56 Å². The first-order valence-electron chi connectivity index (χ1n) is 4.52. The molecular weight excluding hydrogens is 232 g/mol. The number of hydrogen-bond acceptors (Lipinski definition) is 4. The number of amides is 2. The molecule has 0 aliphatic carbocycles. The van der Waals surface area contributed by atoms with Gasteiger partial charge in [-0.15, -0.1) is 0 Å². The summed E-state index contributed by atoms with van der Waals surface area (Å²) in [5, 5.41) is 25.6. The Hall–Kier alpha value is -1.60. The maximum absolute atomic E-state index is 11.2. The number of carboxylic acids is 1. The predicted molar refractivity (Wildman–Crippen MR) is 58.2 cm³/mol. The van der Waals surface area contributed by atoms with Gasteiger partial charge in [-0.3, -0.25) is 0 Å². The van der Waals surface area contributed by atoms with Crippen molar-refractivity contribution < 1.29 is 19.8 Å². The summed E-state index contributed by atoms with van der Waals surface area (Å²) < 4.78 is 0. The van der Waals surface area contributed by atoms with E-state index in [1.54, 1.807) is 0 Å². The van der Waals surface area contributed by atoms with E-state index >= 15 is 0 Å². The average Bonchev–Trinajstić information content (AvgIpc) is 2.75. The molecule has 0 unspecified atom stereocenters. The molecule has 0 aromatic carbocycles. The van der Waals surface area contributed by atoms with Crippen LogP contribution in [0.4, 0.5) is 4.79 Å². The highest BCUT2D eigenvalue weighted by molar-refractivity contribution is 7.07. The van der Waals surface area contributed by atoms with Gasteiger partial charge in [0.25, 0.3) is 0 Å². The van der Waals surface area contributed by atoms with Crippen molar-refractivity contribution >= 4 is 23.3 Å². The quantitative estimate of drug-likeness (QED) is 0.585. The van der Waals surface area contributed by atoms with E-state index in [0.717, 1.165) is 5.56 Å². The summed E-state index contributed by atoms with van der Waals surface area (Å²) in [4.78, 5) is 21.7. The zero-order valence-electron chi connectivity index (χ0n) is 8.34. The number of hydrogen-bond donors (Lipinski definition) is 4. The van der Waals surface area contributed by atoms with Crippen LogP contribution >= 0.6 is 11.3 Å². The van der Waals surface area contributed by atoms with Gasteiger partial charge in [-0.1, -0.05) is 0 Å². The summed E-state index contributed by atoms with van der Waals surface area (Å²) >= 11 is 1.51. The number of carboxylic acid groups (broad SMARTS) is 1. The van der Waals surface area contributed by atoms with Crippen molar-refractivity contribution in [3.05, 3.63) is 22.4 Å². The van der Waals surface area contributed by atoms with Crippen molar-refractivity contribution in [2.45, 2.75) is 12.6 Å². The Labute approximate surface area is 95.9 Å². The lowest BCUT2D eigenvalue weighted by molar-refractivity contribution is -0.140. The monoisotopic (exact) mass is 244 g/mol. The molecule has 7 heteroatoms. The molecule has 0 saturated carbocycles. The van der Waals surface area contributed by atoms with Gasteiger partial charge < -0.3 is 20.8 Å². The fourth-order valence-corrected chi connectivity index (χ4v) is 1.64. The van der Waals surface area contributed by atoms with Crippen LogP contribution < -0.4 is 10.6 Å². The highest BCUT2D eigenvalue weighted by Crippen LogP contribution is 2.04. The largest absolute Gasteiger partial charge is 0.480 e. The summed E-state index contributed by atoms with van der Waals surface area (Å²) in [6.07, 6.45) is 0. The average molecular weight is 244 g/mol. The molecule has 0 aliphatic heterocycles. The van der Waals surface area contributed by atoms with Gasteiger partial charge in [-0.05, 0) is 22.4 Å². The SMILES string of the molecule is O=C(NCc1ccsc1)N[C@@H](CO)C(=O)O. The summed E-state index contributed by atoms with van der Waals surface area (Å²) in [5.41, 5.74) is 0.941. The van der Waals surface area contributed by atoms with Crippen LogP contribution in [0.15, 0.2) is 16.8 Å². The Balaban J connectivity index is 2.33. The van der Waals surface area contributed by atoms with E-state index in [9.17, 15) is 9.59 Å². The van der Waals surface area contributed by atoms with Gasteiger partial charge in [0.05, 0.1) is 6.61 Å². The van der Waals surface area contributed by atoms with Crippen molar-refractivity contribution in [1.82, 2.24) is 10.6 Å². The number of aliphatic hydroxyl groups is 1. The molecule has 4 N–H and O–H groups in total. The Morgan fingerprint density at radius 2 is 2.25 bits per heavy atom. The highest BCUT2D eigenvalue weighted by atomic mass is 32.1. The summed E-state index contributed by atoms with van der Waals surface area (Å²) in [5.74, 6) is -1.27. The van der Waals surface area contributed by atoms with E-state index in [0.29, 0.717) is 6.54 Å². The lowest BCUT2D eigenvalue weighted by Gasteiger charge is -2.12. The smallest absolute Gasteiger partial charge is 0.328 e. The number of aliphatic carboxylic acids is 1. The molecule has 0 bridgehead atoms. The molecule has 6 nitrogen and oxygen atoms in total. The molecular formula is C9H12N2O4S. The van der Waals surface area contributed by atoms with Crippen LogP contribution in [0, 0.1) is 0 Å². The number of aliphatic hydroxyl groups excluding tert-OH is 1. The Kier molecular flexibility index (Phi) is 4.74. The second-order valence-electron chi connectivity index (χ2n) is 3.03. The Morgan fingerprint density at radius 1 is 1.50 bits per heavy atom. The number of carbonyl (C=O) groups is 2. The Morgan fingerprint density at radius 3 is 2.75 bits per heavy atom. The molecule has 1 aromatic rings. The van der Waals surface area contributed by atoms with Gasteiger partial charge in [0.2, 0.25) is 0 Å². The van der Waals surface area contributed by atoms with Gasteiger partial charge >= 0.3 is 12.0 Å². The van der Waals surface area contributed by atoms with Gasteiger partial charge in [-0.25, -0.2) is 9.59 Å². The third-order valence-corrected chi connectivity index (χ3v) is 2.55. The molecule has 16 heavy (non-hydrogen) atoms. The standard InChI is InChI=1S/C9H12N2O4S/c12-4-7(8(13)14)11-9(15)10-3-6-1-2-16-5-6/h1-2,5,7,12H,3-4H2,(H,13,14)(H2,10,11,15)/t7-/m0/s1. The van der Waals surface area contributed by atoms with Crippen LogP contribution in [0.3, 0.4) is 0 Å². The minimum atomic E-state index is -1.28. The first-order valence-corrected chi connectivity index (χ1v) is 5.47. The molecule has 1 aromatic heterocycles. The topological polar surface area (TPSA) is 98.7 Å². The summed E-state index contributed by atoms with van der Waals surface area (Å²) in [6.45, 7) is -0.311. The number of rotatable bonds is 5. The highest BCUT2D eigenvalue weighted by Gasteiger charge is 2.18. The van der Waals surface area contributed by atoms with E-state index in [4.69, 9.17) is 10.2 Å². The van der Waals surface area contributed by atoms with Crippen LogP contribution in [-0.4, -0.2) is 34.9 Å². The minimum Gasteiger partial charge on any atom is -0.480 e. The summed E-state index contributed by atoms with van der Waals surface area (Å²) in [6, 6.07) is -0.0406. The molecule has 0 aliphatic rings. The molecule has 88 valence electrons. The van der Waals surface area contributed by atoms with Crippen molar-refractivity contribution in [2.75, 3.05) is 6.61 Å². The van der Waals surface area contributed by atoms with Crippen LogP contribution in [0.5, 0.6) is 0 Å². The molecule has 1 atom stereocenters. The minimum absolute atomic E-state index is 0.326. The molecule has 2 amide bonds. The summed E-state index contributed by atoms with van der Waals surface area (Å²) in [7, 11) is 0. The van der Waals surface area contributed by atoms with Crippen molar-refractivity contribution in [2.24, 2.45) is 0 Å². The van der Waals surface area contributed by atoms with Gasteiger partial charge in [0.15, 0.2) is 6.04 Å². The molecule has 0 fully saturated rings. The van der Waals surface area contributed by atoms with Crippen molar-refractivity contribution in [3.8, 4) is 0 Å². The van der Waals surface area contributed by atoms with E-state index in [2.05, 4.69) is 10.6 Å². The van der Waals surface area contributed by atoms with Crippen LogP contribution in [0.25, 0.3) is 0 Å². The molecule has 1 rings (SSSR count). The number of carbonyl (C=O) groups excluding carboxylic acids is 1. The number of urea groups is 1. The molecule has 0 saturated heterocycles. The van der Waals surface area contributed by atoms with Crippen molar-refractivity contribution in [3.63, 3.8) is 0 Å². The molecule has 0 spiro atoms. The van der Waals surface area contributed by atoms with E-state index in [1.165, 1.54) is 11.3 Å². The lowest BCUT2D eigenvalue weighted by atomic mass is 10.3. The lowest BCUT2D eigenvalue weighted by Crippen LogP contribution is -2.47. The second-order valence-corrected chi connectivity index (χ2v) is 3.81. The van der Waals surface area contributed by atoms with Gasteiger partial charge in [0.1, 0.15) is 0 Å². The zero-order chi connectivity index (χ0) is 12.0. The first-order chi connectivity index (χ1) is 7.63. The second kappa shape index (κ2) is 6.09. The van der Waals surface area contributed by atoms with E-state index in [-0.39, 0.29) is 0 Å². The maximum Gasteiger partial charge on any atom is 0.328 e. The van der Waals surface area contributed by atoms with Crippen LogP contribution in [0.2, 0.25) is 0 Å². The molecule has 1 heterocycles. The van der Waals surface area contributed by atoms with Gasteiger partial charge in [-0.2, -0.15) is 11.3 Å². The molecule has 0 radical (unpaired) electrons. The first kappa shape index (κ1) is 12.5. The van der Waals surface area contributed by atoms with Crippen molar-refractivity contribution in [1.29, 1.82) is 0 Å². The zero-order valence-corrected chi connectivity index (χ0v) is 9.16. The third-order valence-electron chi connectivity index (χ3n) is 1.82. The van der Waals surface area contributed by atoms with E-state index in [1.807, 2.05) is 16.8 Å². The predicted octanol–water partition coefficient (Wildman–Crippen LogP) is -0.00720. The normalized spacial score (nSPS) is 11.8. The fraction of sp³-hybridized carbons (Fsp3) is 0.333. The maximum atomic E-state index is 11.2.